The molecule has 4 aliphatic heterocycles. The van der Waals surface area contributed by atoms with Crippen molar-refractivity contribution in [2.45, 2.75) is 0 Å². The maximum atomic E-state index is 2.86. The molecule has 0 spiro atoms. The second-order valence-electron chi connectivity index (χ2n) is 30.5. The molecule has 0 saturated carbocycles. The van der Waals surface area contributed by atoms with Crippen LogP contribution in [0.5, 0.6) is 0 Å². The van der Waals surface area contributed by atoms with Crippen LogP contribution < -0.4 is 21.9 Å². The highest BCUT2D eigenvalue weighted by Gasteiger charge is 2.47. The number of para-hydroxylation sites is 10. The highest BCUT2D eigenvalue weighted by molar-refractivity contribution is 6.92. The van der Waals surface area contributed by atoms with Crippen LogP contribution >= 0.6 is 0 Å². The molecule has 492 valence electrons. The molecule has 24 aromatic rings. The normalized spacial score (nSPS) is 13.3. The Morgan fingerprint density at radius 3 is 0.824 bits per heavy atom. The second kappa shape index (κ2) is 19.2. The van der Waals surface area contributed by atoms with Gasteiger partial charge in [0.05, 0.1) is 77.2 Å². The van der Waals surface area contributed by atoms with E-state index >= 15 is 0 Å². The Balaban J connectivity index is 0.786. The zero-order valence-corrected chi connectivity index (χ0v) is 57.9. The summed E-state index contributed by atoms with van der Waals surface area (Å²) in [4.78, 5) is 0. The summed E-state index contributed by atoms with van der Waals surface area (Å²) < 4.78 is 21.1. The van der Waals surface area contributed by atoms with Crippen molar-refractivity contribution in [3.63, 3.8) is 0 Å². The fourth-order valence-electron chi connectivity index (χ4n) is 21.7. The zero-order valence-electron chi connectivity index (χ0n) is 57.9. The lowest BCUT2D eigenvalue weighted by Gasteiger charge is -2.34. The molecule has 0 aliphatic carbocycles. The second-order valence-corrected chi connectivity index (χ2v) is 30.5. The molecular formula is C98H54B2N8. The van der Waals surface area contributed by atoms with Crippen LogP contribution in [0.4, 0.5) is 0 Å². The van der Waals surface area contributed by atoms with Gasteiger partial charge in [-0.2, -0.15) is 0 Å². The van der Waals surface area contributed by atoms with Gasteiger partial charge in [0.25, 0.3) is 0 Å². The average molecular weight is 1370 g/mol. The molecule has 0 saturated heterocycles. The highest BCUT2D eigenvalue weighted by atomic mass is 15.1. The van der Waals surface area contributed by atoms with Gasteiger partial charge in [-0.3, -0.25) is 0 Å². The Bertz CT molecular complexity index is 7870. The van der Waals surface area contributed by atoms with Gasteiger partial charge in [0.15, 0.2) is 0 Å². The third-order valence-corrected chi connectivity index (χ3v) is 25.7. The zero-order chi connectivity index (χ0) is 69.4. The van der Waals surface area contributed by atoms with Crippen LogP contribution in [0.2, 0.25) is 0 Å². The van der Waals surface area contributed by atoms with Crippen molar-refractivity contribution in [3.8, 4) is 56.4 Å². The first-order valence-corrected chi connectivity index (χ1v) is 37.7. The van der Waals surface area contributed by atoms with Crippen LogP contribution in [0.15, 0.2) is 328 Å². The molecule has 0 unspecified atom stereocenters. The summed E-state index contributed by atoms with van der Waals surface area (Å²) >= 11 is 0. The van der Waals surface area contributed by atoms with Crippen LogP contribution in [0.1, 0.15) is 0 Å². The van der Waals surface area contributed by atoms with Gasteiger partial charge in [0.1, 0.15) is 0 Å². The van der Waals surface area contributed by atoms with E-state index in [0.29, 0.717) is 0 Å². The van der Waals surface area contributed by atoms with Crippen LogP contribution in [0, 0.1) is 0 Å². The summed E-state index contributed by atoms with van der Waals surface area (Å²) in [6, 6.07) is 125. The summed E-state index contributed by atoms with van der Waals surface area (Å²) in [6.07, 6.45) is 0. The number of nitrogens with zero attached hydrogens (tertiary/aromatic N) is 8. The van der Waals surface area contributed by atoms with Crippen LogP contribution in [0.3, 0.4) is 0 Å². The molecule has 0 fully saturated rings. The molecule has 16 aromatic carbocycles. The molecule has 0 amide bonds. The van der Waals surface area contributed by atoms with Crippen molar-refractivity contribution in [1.82, 2.24) is 36.4 Å². The summed E-state index contributed by atoms with van der Waals surface area (Å²) in [5, 5.41) is 17.5. The molecule has 108 heavy (non-hydrogen) atoms. The number of hydrogen-bond acceptors (Lipinski definition) is 0. The van der Waals surface area contributed by atoms with Crippen molar-refractivity contribution < 1.29 is 0 Å². The van der Waals surface area contributed by atoms with Gasteiger partial charge in [0.2, 0.25) is 0 Å². The third kappa shape index (κ3) is 6.40. The molecular weight excluding hydrogens is 1310 g/mol. The van der Waals surface area contributed by atoms with Crippen molar-refractivity contribution in [2.75, 3.05) is 0 Å². The van der Waals surface area contributed by atoms with Crippen molar-refractivity contribution in [2.24, 2.45) is 0 Å². The predicted octanol–water partition coefficient (Wildman–Crippen LogP) is 21.2. The van der Waals surface area contributed by atoms with E-state index in [4.69, 9.17) is 0 Å². The van der Waals surface area contributed by atoms with E-state index in [9.17, 15) is 0 Å². The lowest BCUT2D eigenvalue weighted by atomic mass is 9.45. The van der Waals surface area contributed by atoms with Crippen molar-refractivity contribution in [3.05, 3.63) is 328 Å². The van der Waals surface area contributed by atoms with Gasteiger partial charge in [-0.15, -0.1) is 0 Å². The molecule has 12 heterocycles. The molecule has 0 radical (unpaired) electrons. The molecule has 8 nitrogen and oxygen atoms in total. The molecule has 8 aromatic heterocycles. The number of rotatable bonds is 4. The highest BCUT2D eigenvalue weighted by Crippen LogP contribution is 2.53. The standard InChI is InChI=1S/C98H54B2N8/c1-5-23-55(24-6-1)101-79-39-17-13-31-59(79)71-47-73-67-45-43-63-65-35-21-37-69-93(65)107(99-77-49-75-61-33-15-19-41-81(61)103(57-27-9-3-10-28-57)85(75)53-89(77)105(95(67)91(63)99)87(73)51-83(71)101)97-70-38-22-36-66-64-44-46-68-74-48-72-60-32-14-18-40-80(60)102(56-25-7-2-8-26-56)84(72)52-88(74)106-90-54-86-76(50-78(90)100(92(64)96(68)106)108(94(66)70)98(69)97)62-34-16-20-42-82(62)104(86)58-29-11-4-12-30-58/h1-54H. The van der Waals surface area contributed by atoms with Gasteiger partial charge in [-0.25, -0.2) is 0 Å². The lowest BCUT2D eigenvalue weighted by Crippen LogP contribution is -2.55. The first-order valence-electron chi connectivity index (χ1n) is 37.7. The maximum absolute atomic E-state index is 2.86. The molecule has 28 rings (SSSR count). The topological polar surface area (TPSA) is 39.4 Å². The third-order valence-electron chi connectivity index (χ3n) is 25.7. The van der Waals surface area contributed by atoms with Crippen LogP contribution in [-0.4, -0.2) is 50.1 Å². The van der Waals surface area contributed by atoms with Gasteiger partial charge in [0, 0.05) is 132 Å². The minimum absolute atomic E-state index is 0.230. The quantitative estimate of drug-likeness (QED) is 0.158. The summed E-state index contributed by atoms with van der Waals surface area (Å²) in [5.41, 5.74) is 36.9. The van der Waals surface area contributed by atoms with E-state index in [1.165, 1.54) is 219 Å². The van der Waals surface area contributed by atoms with E-state index in [-0.39, 0.29) is 13.7 Å². The smallest absolute Gasteiger partial charge is 0.333 e. The van der Waals surface area contributed by atoms with Crippen LogP contribution in [-0.2, 0) is 0 Å². The number of fused-ring (bicyclic) bond motifs is 33. The van der Waals surface area contributed by atoms with E-state index in [1.807, 2.05) is 0 Å². The molecule has 0 atom stereocenters. The maximum Gasteiger partial charge on any atom is 0.333 e. The van der Waals surface area contributed by atoms with Crippen molar-refractivity contribution >= 4 is 199 Å². The SMILES string of the molecule is c1ccc(-n2c3ccccc3c3cc4c(cc32)-n2c3cc5c(cc3c3ccc6c(c32)B4n2c3c-6cccc3c3c2c2cccc4c2n3B2c3cc6c7ccccc7n(-c7ccccc7)c6cc3-n3c6cc7c(cc6c6ccc-4c2c63)c2ccccc2n7-c2ccccc2)c2ccccc2n5-c2ccccc2)cc1. The number of aromatic nitrogens is 8. The van der Waals surface area contributed by atoms with Gasteiger partial charge >= 0.3 is 13.7 Å². The Kier molecular flexibility index (Phi) is 9.84. The molecule has 0 N–H and O–H groups in total. The fraction of sp³-hybridized carbons (Fsp3) is 0. The molecule has 4 aliphatic rings. The minimum atomic E-state index is -0.230. The average Bonchev–Trinajstić information content (AvgIpc) is 1.48. The van der Waals surface area contributed by atoms with Crippen LogP contribution in [0.25, 0.3) is 220 Å². The molecule has 10 heteroatoms. The predicted molar refractivity (Wildman–Crippen MR) is 453 cm³/mol. The Labute approximate surface area is 615 Å². The first-order chi connectivity index (χ1) is 53.7. The summed E-state index contributed by atoms with van der Waals surface area (Å²) in [5.74, 6) is 0. The lowest BCUT2D eigenvalue weighted by molar-refractivity contribution is 1.15. The van der Waals surface area contributed by atoms with E-state index in [2.05, 4.69) is 364 Å². The van der Waals surface area contributed by atoms with E-state index in [1.54, 1.807) is 0 Å². The Morgan fingerprint density at radius 1 is 0.167 bits per heavy atom. The van der Waals surface area contributed by atoms with Gasteiger partial charge in [-0.05, 0) is 142 Å². The molecule has 0 bridgehead atoms. The Hall–Kier alpha value is -14.2. The van der Waals surface area contributed by atoms with Gasteiger partial charge < -0.3 is 36.4 Å². The Morgan fingerprint density at radius 2 is 0.463 bits per heavy atom. The van der Waals surface area contributed by atoms with E-state index in [0.717, 1.165) is 22.7 Å². The monoisotopic (exact) mass is 1360 g/mol. The largest absolute Gasteiger partial charge is 0.374 e. The minimum Gasteiger partial charge on any atom is -0.374 e. The van der Waals surface area contributed by atoms with Gasteiger partial charge in [-0.1, -0.05) is 218 Å². The number of benzene rings is 16. The first kappa shape index (κ1) is 55.3. The van der Waals surface area contributed by atoms with E-state index < -0.39 is 0 Å². The number of hydrogen-bond donors (Lipinski definition) is 0. The van der Waals surface area contributed by atoms with Crippen molar-refractivity contribution in [1.29, 1.82) is 0 Å². The summed E-state index contributed by atoms with van der Waals surface area (Å²) in [7, 11) is 0. The summed E-state index contributed by atoms with van der Waals surface area (Å²) in [6.45, 7) is -0.459. The fourth-order valence-corrected chi connectivity index (χ4v) is 21.7.